The summed E-state index contributed by atoms with van der Waals surface area (Å²) in [7, 11) is 1.71. The average molecular weight is 345 g/mol. The lowest BCUT2D eigenvalue weighted by Crippen LogP contribution is -2.25. The van der Waals surface area contributed by atoms with E-state index >= 15 is 0 Å². The molecule has 0 saturated heterocycles. The van der Waals surface area contributed by atoms with Gasteiger partial charge in [0.05, 0.1) is 25.1 Å². The molecule has 0 aliphatic carbocycles. The highest BCUT2D eigenvalue weighted by atomic mass is 35.5. The fourth-order valence-electron chi connectivity index (χ4n) is 2.56. The molecule has 5 nitrogen and oxygen atoms in total. The van der Waals surface area contributed by atoms with Crippen molar-refractivity contribution in [2.24, 2.45) is 0 Å². The fourth-order valence-corrected chi connectivity index (χ4v) is 2.75. The zero-order valence-corrected chi connectivity index (χ0v) is 14.0. The van der Waals surface area contributed by atoms with E-state index < -0.39 is 0 Å². The molecule has 124 valence electrons. The molecule has 3 rings (SSSR count). The van der Waals surface area contributed by atoms with Gasteiger partial charge in [-0.1, -0.05) is 23.7 Å². The van der Waals surface area contributed by atoms with Gasteiger partial charge in [-0.15, -0.1) is 0 Å². The molecule has 2 aromatic carbocycles. The third-order valence-corrected chi connectivity index (χ3v) is 4.04. The molecule has 0 aromatic heterocycles. The van der Waals surface area contributed by atoms with Gasteiger partial charge in [-0.2, -0.15) is 0 Å². The van der Waals surface area contributed by atoms with Crippen molar-refractivity contribution in [2.75, 3.05) is 23.9 Å². The van der Waals surface area contributed by atoms with Crippen molar-refractivity contribution in [3.63, 3.8) is 0 Å². The van der Waals surface area contributed by atoms with Crippen molar-refractivity contribution in [3.05, 3.63) is 53.1 Å². The quantitative estimate of drug-likeness (QED) is 0.929. The first-order valence-electron chi connectivity index (χ1n) is 7.60. The van der Waals surface area contributed by atoms with E-state index in [9.17, 15) is 9.59 Å². The number of carbonyl (C=O) groups excluding carboxylic acids is 2. The highest BCUT2D eigenvalue weighted by Gasteiger charge is 2.20. The smallest absolute Gasteiger partial charge is 0.230 e. The Morgan fingerprint density at radius 1 is 1.29 bits per heavy atom. The molecule has 1 N–H and O–H groups in total. The number of hydrogen-bond donors (Lipinski definition) is 1. The van der Waals surface area contributed by atoms with Crippen LogP contribution < -0.4 is 15.0 Å². The molecule has 0 bridgehead atoms. The summed E-state index contributed by atoms with van der Waals surface area (Å²) < 4.78 is 5.58. The maximum absolute atomic E-state index is 12.2. The van der Waals surface area contributed by atoms with Crippen molar-refractivity contribution >= 4 is 34.8 Å². The first-order chi connectivity index (χ1) is 11.5. The van der Waals surface area contributed by atoms with Crippen molar-refractivity contribution in [3.8, 4) is 5.75 Å². The van der Waals surface area contributed by atoms with Gasteiger partial charge in [0.1, 0.15) is 5.75 Å². The highest BCUT2D eigenvalue weighted by Crippen LogP contribution is 2.31. The topological polar surface area (TPSA) is 58.6 Å². The summed E-state index contributed by atoms with van der Waals surface area (Å²) in [5.41, 5.74) is 2.14. The number of hydrogen-bond acceptors (Lipinski definition) is 3. The molecule has 6 heteroatoms. The molecule has 0 saturated carbocycles. The number of nitrogens with one attached hydrogen (secondary N) is 1. The predicted molar refractivity (Wildman–Crippen MR) is 93.7 cm³/mol. The van der Waals surface area contributed by atoms with Crippen LogP contribution in [0.3, 0.4) is 0 Å². The third kappa shape index (κ3) is 3.68. The predicted octanol–water partition coefficient (Wildman–Crippen LogP) is 3.27. The van der Waals surface area contributed by atoms with Gasteiger partial charge in [0.15, 0.2) is 0 Å². The summed E-state index contributed by atoms with van der Waals surface area (Å²) in [4.78, 5) is 25.7. The molecule has 0 radical (unpaired) electrons. The van der Waals surface area contributed by atoms with Gasteiger partial charge in [0.25, 0.3) is 0 Å². The molecular formula is C18H17ClN2O3. The Hall–Kier alpha value is -2.53. The summed E-state index contributed by atoms with van der Waals surface area (Å²) >= 11 is 5.91. The van der Waals surface area contributed by atoms with Crippen molar-refractivity contribution in [1.82, 2.24) is 0 Å². The zero-order valence-electron chi connectivity index (χ0n) is 13.2. The molecule has 0 atom stereocenters. The lowest BCUT2D eigenvalue weighted by Gasteiger charge is -2.17. The minimum Gasteiger partial charge on any atom is -0.491 e. The minimum atomic E-state index is -0.152. The number of ether oxygens (including phenoxy) is 1. The molecular weight excluding hydrogens is 328 g/mol. The second kappa shape index (κ2) is 6.93. The largest absolute Gasteiger partial charge is 0.491 e. The van der Waals surface area contributed by atoms with Crippen LogP contribution in [0.4, 0.5) is 11.4 Å². The minimum absolute atomic E-state index is 0.00530. The van der Waals surface area contributed by atoms with E-state index in [1.165, 1.54) is 0 Å². The Morgan fingerprint density at radius 3 is 2.92 bits per heavy atom. The summed E-state index contributed by atoms with van der Waals surface area (Å²) in [5, 5.41) is 3.37. The summed E-state index contributed by atoms with van der Waals surface area (Å²) in [6.07, 6.45) is 0.539. The van der Waals surface area contributed by atoms with E-state index in [4.69, 9.17) is 16.3 Å². The second-order valence-corrected chi connectivity index (χ2v) is 6.03. The number of amides is 2. The van der Waals surface area contributed by atoms with Crippen molar-refractivity contribution in [2.45, 2.75) is 12.8 Å². The van der Waals surface area contributed by atoms with E-state index in [1.807, 2.05) is 12.1 Å². The van der Waals surface area contributed by atoms with Crippen LogP contribution in [0.15, 0.2) is 42.5 Å². The number of rotatable bonds is 3. The Morgan fingerprint density at radius 2 is 2.12 bits per heavy atom. The monoisotopic (exact) mass is 344 g/mol. The first-order valence-corrected chi connectivity index (χ1v) is 7.98. The molecule has 2 aromatic rings. The SMILES string of the molecule is CN1C(=O)CCOc2ccc(CC(=O)Nc3cccc(Cl)c3)cc21. The number of halogens is 1. The van der Waals surface area contributed by atoms with Crippen LogP contribution in [0.1, 0.15) is 12.0 Å². The maximum Gasteiger partial charge on any atom is 0.230 e. The van der Waals surface area contributed by atoms with Gasteiger partial charge in [-0.3, -0.25) is 9.59 Å². The highest BCUT2D eigenvalue weighted by molar-refractivity contribution is 6.30. The lowest BCUT2D eigenvalue weighted by molar-refractivity contribution is -0.118. The molecule has 0 spiro atoms. The normalized spacial score (nSPS) is 13.8. The van der Waals surface area contributed by atoms with Gasteiger partial charge < -0.3 is 15.0 Å². The third-order valence-electron chi connectivity index (χ3n) is 3.81. The van der Waals surface area contributed by atoms with E-state index in [0.29, 0.717) is 35.2 Å². The van der Waals surface area contributed by atoms with Crippen LogP contribution >= 0.6 is 11.6 Å². The second-order valence-electron chi connectivity index (χ2n) is 5.59. The summed E-state index contributed by atoms with van der Waals surface area (Å²) in [5.74, 6) is 0.498. The van der Waals surface area contributed by atoms with Crippen LogP contribution in [0.5, 0.6) is 5.75 Å². The Labute approximate surface area is 145 Å². The van der Waals surface area contributed by atoms with Crippen LogP contribution in [0, 0.1) is 0 Å². The summed E-state index contributed by atoms with van der Waals surface area (Å²) in [6, 6.07) is 12.4. The number of fused-ring (bicyclic) bond motifs is 1. The van der Waals surface area contributed by atoms with Crippen LogP contribution in [-0.4, -0.2) is 25.5 Å². The van der Waals surface area contributed by atoms with Gasteiger partial charge in [-0.25, -0.2) is 0 Å². The average Bonchev–Trinajstić information content (AvgIpc) is 2.67. The molecule has 2 amide bonds. The van der Waals surface area contributed by atoms with E-state index in [1.54, 1.807) is 42.3 Å². The van der Waals surface area contributed by atoms with Gasteiger partial charge >= 0.3 is 0 Å². The van der Waals surface area contributed by atoms with Crippen LogP contribution in [0.25, 0.3) is 0 Å². The van der Waals surface area contributed by atoms with Gasteiger partial charge in [-0.05, 0) is 35.9 Å². The zero-order chi connectivity index (χ0) is 17.1. The Balaban J connectivity index is 1.75. The van der Waals surface area contributed by atoms with Crippen molar-refractivity contribution in [1.29, 1.82) is 0 Å². The molecule has 0 fully saturated rings. The molecule has 24 heavy (non-hydrogen) atoms. The molecule has 1 aliphatic heterocycles. The number of carbonyl (C=O) groups is 2. The standard InChI is InChI=1S/C18H17ClN2O3/c1-21-15-9-12(5-6-16(15)24-8-7-18(21)23)10-17(22)20-14-4-2-3-13(19)11-14/h2-6,9,11H,7-8,10H2,1H3,(H,20,22). The summed E-state index contributed by atoms with van der Waals surface area (Å²) in [6.45, 7) is 0.366. The fraction of sp³-hybridized carbons (Fsp3) is 0.222. The van der Waals surface area contributed by atoms with E-state index in [2.05, 4.69) is 5.32 Å². The van der Waals surface area contributed by atoms with Crippen LogP contribution in [-0.2, 0) is 16.0 Å². The first kappa shape index (κ1) is 16.3. The Bertz CT molecular complexity index is 792. The molecule has 1 aliphatic rings. The molecule has 0 unspecified atom stereocenters. The Kier molecular flexibility index (Phi) is 4.71. The van der Waals surface area contributed by atoms with Gasteiger partial charge in [0, 0.05) is 17.8 Å². The van der Waals surface area contributed by atoms with Crippen LogP contribution in [0.2, 0.25) is 5.02 Å². The number of benzene rings is 2. The van der Waals surface area contributed by atoms with E-state index in [0.717, 1.165) is 5.56 Å². The number of anilines is 2. The molecule has 1 heterocycles. The lowest BCUT2D eigenvalue weighted by atomic mass is 10.1. The van der Waals surface area contributed by atoms with Crippen molar-refractivity contribution < 1.29 is 14.3 Å². The van der Waals surface area contributed by atoms with Gasteiger partial charge in [0.2, 0.25) is 11.8 Å². The van der Waals surface area contributed by atoms with E-state index in [-0.39, 0.29) is 18.2 Å². The number of nitrogens with zero attached hydrogens (tertiary/aromatic N) is 1. The maximum atomic E-state index is 12.2.